The number of hydrogen-bond donors (Lipinski definition) is 1. The lowest BCUT2D eigenvalue weighted by Gasteiger charge is -2.04. The van der Waals surface area contributed by atoms with Crippen LogP contribution in [0.25, 0.3) is 11.5 Å². The van der Waals surface area contributed by atoms with E-state index >= 15 is 0 Å². The highest BCUT2D eigenvalue weighted by atomic mass is 16.3. The Hall–Kier alpha value is -2.10. The number of aromatic nitrogens is 1. The molecule has 0 unspecified atom stereocenters. The number of fused-ring (bicyclic) bond motifs is 1. The van der Waals surface area contributed by atoms with Crippen molar-refractivity contribution in [2.75, 3.05) is 0 Å². The SMILES string of the molecule is O=C(Cc1coc(-c2ccccc2)n1)NC1[C@H]2CCCC[C@H]12. The van der Waals surface area contributed by atoms with E-state index in [4.69, 9.17) is 4.42 Å². The van der Waals surface area contributed by atoms with Crippen LogP contribution in [0.4, 0.5) is 0 Å². The van der Waals surface area contributed by atoms with Crippen LogP contribution < -0.4 is 5.32 Å². The first-order chi connectivity index (χ1) is 10.8. The fourth-order valence-corrected chi connectivity index (χ4v) is 3.71. The highest BCUT2D eigenvalue weighted by Gasteiger charge is 2.51. The summed E-state index contributed by atoms with van der Waals surface area (Å²) in [5.74, 6) is 2.10. The number of carbonyl (C=O) groups is 1. The minimum atomic E-state index is 0.0623. The van der Waals surface area contributed by atoms with Crippen molar-refractivity contribution >= 4 is 5.91 Å². The molecule has 2 atom stereocenters. The van der Waals surface area contributed by atoms with Crippen molar-refractivity contribution in [3.05, 3.63) is 42.3 Å². The molecule has 1 N–H and O–H groups in total. The number of benzene rings is 1. The van der Waals surface area contributed by atoms with Crippen LogP contribution in [0.5, 0.6) is 0 Å². The fraction of sp³-hybridized carbons (Fsp3) is 0.444. The van der Waals surface area contributed by atoms with E-state index < -0.39 is 0 Å². The molecule has 2 fully saturated rings. The van der Waals surface area contributed by atoms with E-state index in [-0.39, 0.29) is 5.91 Å². The van der Waals surface area contributed by atoms with Gasteiger partial charge in [-0.15, -0.1) is 0 Å². The number of hydrogen-bond acceptors (Lipinski definition) is 3. The lowest BCUT2D eigenvalue weighted by atomic mass is 10.0. The fourth-order valence-electron chi connectivity index (χ4n) is 3.71. The molecule has 2 aromatic rings. The Bertz CT molecular complexity index is 653. The molecule has 2 aliphatic carbocycles. The van der Waals surface area contributed by atoms with Gasteiger partial charge in [0.25, 0.3) is 0 Å². The number of oxazole rings is 1. The second-order valence-electron chi connectivity index (χ2n) is 6.39. The van der Waals surface area contributed by atoms with Gasteiger partial charge in [0, 0.05) is 11.6 Å². The number of carbonyl (C=O) groups excluding carboxylic acids is 1. The van der Waals surface area contributed by atoms with E-state index in [1.807, 2.05) is 30.3 Å². The molecule has 1 heterocycles. The van der Waals surface area contributed by atoms with E-state index in [9.17, 15) is 4.79 Å². The maximum atomic E-state index is 12.2. The highest BCUT2D eigenvalue weighted by molar-refractivity contribution is 5.79. The van der Waals surface area contributed by atoms with Crippen molar-refractivity contribution in [2.45, 2.75) is 38.1 Å². The van der Waals surface area contributed by atoms with E-state index in [1.165, 1.54) is 25.7 Å². The third-order valence-electron chi connectivity index (χ3n) is 4.90. The Morgan fingerprint density at radius 3 is 2.64 bits per heavy atom. The zero-order chi connectivity index (χ0) is 14.9. The second kappa shape index (κ2) is 5.59. The predicted octanol–water partition coefficient (Wildman–Crippen LogP) is 3.19. The normalized spacial score (nSPS) is 26.3. The number of rotatable bonds is 4. The lowest BCUT2D eigenvalue weighted by Crippen LogP contribution is -2.29. The maximum absolute atomic E-state index is 12.2. The Morgan fingerprint density at radius 2 is 1.91 bits per heavy atom. The molecule has 4 nitrogen and oxygen atoms in total. The molecule has 0 radical (unpaired) electrons. The van der Waals surface area contributed by atoms with Crippen molar-refractivity contribution in [1.82, 2.24) is 10.3 Å². The molecule has 114 valence electrons. The molecule has 4 heteroatoms. The van der Waals surface area contributed by atoms with E-state index in [1.54, 1.807) is 6.26 Å². The van der Waals surface area contributed by atoms with E-state index in [2.05, 4.69) is 10.3 Å². The van der Waals surface area contributed by atoms with Gasteiger partial charge in [-0.05, 0) is 36.8 Å². The van der Waals surface area contributed by atoms with Crippen molar-refractivity contribution in [2.24, 2.45) is 11.8 Å². The van der Waals surface area contributed by atoms with Crippen LogP contribution >= 0.6 is 0 Å². The Labute approximate surface area is 129 Å². The molecular formula is C18H20N2O2. The van der Waals surface area contributed by atoms with Gasteiger partial charge in [0.2, 0.25) is 11.8 Å². The largest absolute Gasteiger partial charge is 0.444 e. The van der Waals surface area contributed by atoms with Crippen LogP contribution in [-0.2, 0) is 11.2 Å². The predicted molar refractivity (Wildman–Crippen MR) is 83.0 cm³/mol. The molecule has 22 heavy (non-hydrogen) atoms. The minimum absolute atomic E-state index is 0.0623. The summed E-state index contributed by atoms with van der Waals surface area (Å²) < 4.78 is 5.48. The Kier molecular flexibility index (Phi) is 3.45. The van der Waals surface area contributed by atoms with E-state index in [0.29, 0.717) is 24.0 Å². The molecule has 2 saturated carbocycles. The molecule has 1 amide bonds. The molecule has 1 aromatic heterocycles. The van der Waals surface area contributed by atoms with Gasteiger partial charge >= 0.3 is 0 Å². The van der Waals surface area contributed by atoms with Crippen molar-refractivity contribution < 1.29 is 9.21 Å². The number of nitrogens with one attached hydrogen (secondary N) is 1. The smallest absolute Gasteiger partial charge is 0.226 e. The second-order valence-corrected chi connectivity index (χ2v) is 6.39. The van der Waals surface area contributed by atoms with Gasteiger partial charge in [-0.25, -0.2) is 4.98 Å². The minimum Gasteiger partial charge on any atom is -0.444 e. The van der Waals surface area contributed by atoms with Crippen LogP contribution in [0.15, 0.2) is 41.0 Å². The molecular weight excluding hydrogens is 276 g/mol. The van der Waals surface area contributed by atoms with Crippen molar-refractivity contribution in [1.29, 1.82) is 0 Å². The standard InChI is InChI=1S/C18H20N2O2/c21-16(20-17-14-8-4-5-9-15(14)17)10-13-11-22-18(19-13)12-6-2-1-3-7-12/h1-3,6-7,11,14-15,17H,4-5,8-10H2,(H,20,21)/t14-,15-/m0/s1. The van der Waals surface area contributed by atoms with E-state index in [0.717, 1.165) is 17.4 Å². The third-order valence-corrected chi connectivity index (χ3v) is 4.90. The summed E-state index contributed by atoms with van der Waals surface area (Å²) in [4.78, 5) is 16.6. The average Bonchev–Trinajstić information content (AvgIpc) is 3.03. The van der Waals surface area contributed by atoms with Gasteiger partial charge in [-0.3, -0.25) is 4.79 Å². The summed E-state index contributed by atoms with van der Waals surface area (Å²) >= 11 is 0. The van der Waals surface area contributed by atoms with Crippen LogP contribution in [0.3, 0.4) is 0 Å². The molecule has 1 aromatic carbocycles. The Balaban J connectivity index is 1.36. The maximum Gasteiger partial charge on any atom is 0.226 e. The summed E-state index contributed by atoms with van der Waals surface area (Å²) in [5.41, 5.74) is 1.63. The van der Waals surface area contributed by atoms with Gasteiger partial charge < -0.3 is 9.73 Å². The highest BCUT2D eigenvalue weighted by Crippen LogP contribution is 2.49. The van der Waals surface area contributed by atoms with Crippen LogP contribution in [0.2, 0.25) is 0 Å². The zero-order valence-corrected chi connectivity index (χ0v) is 12.5. The van der Waals surface area contributed by atoms with Gasteiger partial charge in [0.05, 0.1) is 12.1 Å². The van der Waals surface area contributed by atoms with Gasteiger partial charge in [-0.1, -0.05) is 31.0 Å². The summed E-state index contributed by atoms with van der Waals surface area (Å²) in [6.45, 7) is 0. The molecule has 0 spiro atoms. The number of amides is 1. The lowest BCUT2D eigenvalue weighted by molar-refractivity contribution is -0.120. The van der Waals surface area contributed by atoms with Crippen LogP contribution in [0.1, 0.15) is 31.4 Å². The average molecular weight is 296 g/mol. The first-order valence-electron chi connectivity index (χ1n) is 8.10. The number of nitrogens with zero attached hydrogens (tertiary/aromatic N) is 1. The summed E-state index contributed by atoms with van der Waals surface area (Å²) in [5, 5.41) is 3.17. The third kappa shape index (κ3) is 2.65. The summed E-state index contributed by atoms with van der Waals surface area (Å²) in [6, 6.07) is 10.2. The van der Waals surface area contributed by atoms with Gasteiger partial charge in [-0.2, -0.15) is 0 Å². The molecule has 0 aliphatic heterocycles. The topological polar surface area (TPSA) is 55.1 Å². The molecule has 0 saturated heterocycles. The Morgan fingerprint density at radius 1 is 1.18 bits per heavy atom. The van der Waals surface area contributed by atoms with Crippen LogP contribution in [-0.4, -0.2) is 16.9 Å². The van der Waals surface area contributed by atoms with Gasteiger partial charge in [0.15, 0.2) is 0 Å². The summed E-state index contributed by atoms with van der Waals surface area (Å²) in [6.07, 6.45) is 7.07. The van der Waals surface area contributed by atoms with Gasteiger partial charge in [0.1, 0.15) is 6.26 Å². The van der Waals surface area contributed by atoms with Crippen molar-refractivity contribution in [3.63, 3.8) is 0 Å². The first kappa shape index (κ1) is 13.6. The molecule has 0 bridgehead atoms. The molecule has 2 aliphatic rings. The van der Waals surface area contributed by atoms with Crippen molar-refractivity contribution in [3.8, 4) is 11.5 Å². The zero-order valence-electron chi connectivity index (χ0n) is 12.5. The van der Waals surface area contributed by atoms with Crippen LogP contribution in [0, 0.1) is 11.8 Å². The summed E-state index contributed by atoms with van der Waals surface area (Å²) in [7, 11) is 0. The quantitative estimate of drug-likeness (QED) is 0.942. The molecule has 4 rings (SSSR count). The first-order valence-corrected chi connectivity index (χ1v) is 8.10. The monoisotopic (exact) mass is 296 g/mol.